The van der Waals surface area contributed by atoms with Crippen LogP contribution in [0.25, 0.3) is 32.7 Å². The second kappa shape index (κ2) is 9.31. The average molecular weight is 517 g/mol. The number of ether oxygens (including phenoxy) is 2. The number of fused-ring (bicyclic) bond motifs is 4. The SMILES string of the molecule is O=C(O[C@@H]1O[C@H](CO)[C@@H](O)[C@H](O)[C@H]1O)c1cc2c([nH]c3ccccc32)c(C(=O)c2c[nH]c3ccccc23)n1. The van der Waals surface area contributed by atoms with Crippen molar-refractivity contribution >= 4 is 44.5 Å². The van der Waals surface area contributed by atoms with Gasteiger partial charge in [0.2, 0.25) is 12.1 Å². The highest BCUT2D eigenvalue weighted by molar-refractivity contribution is 6.23. The van der Waals surface area contributed by atoms with Gasteiger partial charge in [-0.2, -0.15) is 0 Å². The largest absolute Gasteiger partial charge is 0.428 e. The summed E-state index contributed by atoms with van der Waals surface area (Å²) in [5, 5.41) is 41.7. The molecule has 5 aromatic rings. The standard InChI is InChI=1S/C27H23N3O8/c31-11-19-23(33)24(34)25(35)27(37-19)38-26(36)18-9-14-12-5-2-4-8-17(12)29-20(14)21(30-18)22(32)15-10-28-16-7-3-1-6-13(15)16/h1-10,19,23-25,27-29,31,33-35H,11H2/t19-,23-,24+,25-,27+/m1/s1. The number of benzene rings is 2. The molecular formula is C27H23N3O8. The average Bonchev–Trinajstić information content (AvgIpc) is 3.54. The fraction of sp³-hybridized carbons (Fsp3) is 0.222. The van der Waals surface area contributed by atoms with E-state index in [1.165, 1.54) is 6.07 Å². The quantitative estimate of drug-likeness (QED) is 0.148. The molecular weight excluding hydrogens is 494 g/mol. The first-order chi connectivity index (χ1) is 18.4. The maximum absolute atomic E-state index is 13.8. The molecule has 11 heteroatoms. The molecule has 0 spiro atoms. The Morgan fingerprint density at radius 3 is 2.39 bits per heavy atom. The lowest BCUT2D eigenvalue weighted by Gasteiger charge is -2.39. The van der Waals surface area contributed by atoms with Crippen LogP contribution in [0.15, 0.2) is 60.8 Å². The molecule has 4 heterocycles. The van der Waals surface area contributed by atoms with Crippen LogP contribution in [0, 0.1) is 0 Å². The summed E-state index contributed by atoms with van der Waals surface area (Å²) in [5.41, 5.74) is 2.06. The molecule has 6 N–H and O–H groups in total. The van der Waals surface area contributed by atoms with E-state index in [2.05, 4.69) is 15.0 Å². The first-order valence-corrected chi connectivity index (χ1v) is 11.9. The van der Waals surface area contributed by atoms with E-state index in [4.69, 9.17) is 9.47 Å². The topological polar surface area (TPSA) is 178 Å². The van der Waals surface area contributed by atoms with E-state index in [9.17, 15) is 30.0 Å². The predicted molar refractivity (Wildman–Crippen MR) is 135 cm³/mol. The summed E-state index contributed by atoms with van der Waals surface area (Å²) in [6, 6.07) is 16.1. The highest BCUT2D eigenvalue weighted by Gasteiger charge is 2.45. The Morgan fingerprint density at radius 1 is 0.921 bits per heavy atom. The van der Waals surface area contributed by atoms with Gasteiger partial charge in [-0.15, -0.1) is 0 Å². The van der Waals surface area contributed by atoms with Crippen LogP contribution in [0.3, 0.4) is 0 Å². The van der Waals surface area contributed by atoms with Gasteiger partial charge in [-0.1, -0.05) is 36.4 Å². The number of nitrogens with zero attached hydrogens (tertiary/aromatic N) is 1. The van der Waals surface area contributed by atoms with Crippen LogP contribution in [-0.4, -0.2) is 84.4 Å². The van der Waals surface area contributed by atoms with Crippen LogP contribution in [0.5, 0.6) is 0 Å². The third-order valence-corrected chi connectivity index (χ3v) is 6.83. The number of nitrogens with one attached hydrogen (secondary N) is 2. The van der Waals surface area contributed by atoms with Gasteiger partial charge in [0.15, 0.2) is 0 Å². The minimum absolute atomic E-state index is 0.00999. The predicted octanol–water partition coefficient (Wildman–Crippen LogP) is 1.39. The highest BCUT2D eigenvalue weighted by atomic mass is 16.7. The number of aromatic nitrogens is 3. The van der Waals surface area contributed by atoms with Gasteiger partial charge in [-0.25, -0.2) is 9.78 Å². The summed E-state index contributed by atoms with van der Waals surface area (Å²) >= 11 is 0. The number of para-hydroxylation sites is 2. The number of rotatable bonds is 5. The Balaban J connectivity index is 1.44. The van der Waals surface area contributed by atoms with Crippen molar-refractivity contribution in [1.82, 2.24) is 15.0 Å². The molecule has 1 saturated heterocycles. The molecule has 3 aromatic heterocycles. The molecule has 194 valence electrons. The van der Waals surface area contributed by atoms with E-state index < -0.39 is 49.1 Å². The Bertz CT molecular complexity index is 1690. The lowest BCUT2D eigenvalue weighted by molar-refractivity contribution is -0.285. The minimum atomic E-state index is -1.78. The molecule has 11 nitrogen and oxygen atoms in total. The van der Waals surface area contributed by atoms with E-state index in [-0.39, 0.29) is 11.4 Å². The number of pyridine rings is 1. The number of carbonyl (C=O) groups excluding carboxylic acids is 2. The summed E-state index contributed by atoms with van der Waals surface area (Å²) in [6.45, 7) is -0.679. The van der Waals surface area contributed by atoms with Gasteiger partial charge in [0.1, 0.15) is 35.8 Å². The number of H-pyrrole nitrogens is 2. The van der Waals surface area contributed by atoms with E-state index in [1.54, 1.807) is 12.3 Å². The number of ketones is 1. The van der Waals surface area contributed by atoms with Crippen LogP contribution in [0.4, 0.5) is 0 Å². The van der Waals surface area contributed by atoms with E-state index >= 15 is 0 Å². The summed E-state index contributed by atoms with van der Waals surface area (Å²) in [7, 11) is 0. The number of hydrogen-bond donors (Lipinski definition) is 6. The molecule has 0 radical (unpaired) electrons. The lowest BCUT2D eigenvalue weighted by atomic mass is 9.99. The fourth-order valence-electron chi connectivity index (χ4n) is 4.83. The van der Waals surface area contributed by atoms with Gasteiger partial charge in [0, 0.05) is 39.0 Å². The third kappa shape index (κ3) is 3.85. The van der Waals surface area contributed by atoms with Crippen molar-refractivity contribution in [3.8, 4) is 0 Å². The molecule has 38 heavy (non-hydrogen) atoms. The molecule has 0 saturated carbocycles. The number of aliphatic hydroxyl groups is 4. The Kier molecular flexibility index (Phi) is 5.94. The fourth-order valence-corrected chi connectivity index (χ4v) is 4.83. The maximum atomic E-state index is 13.8. The van der Waals surface area contributed by atoms with Crippen molar-refractivity contribution in [1.29, 1.82) is 0 Å². The molecule has 0 bridgehead atoms. The zero-order chi connectivity index (χ0) is 26.6. The Hall–Kier alpha value is -4.13. The van der Waals surface area contributed by atoms with Crippen molar-refractivity contribution in [2.75, 3.05) is 6.61 Å². The van der Waals surface area contributed by atoms with Crippen molar-refractivity contribution in [2.45, 2.75) is 30.7 Å². The molecule has 5 atom stereocenters. The summed E-state index contributed by atoms with van der Waals surface area (Å²) < 4.78 is 10.6. The Labute approximate surface area is 214 Å². The number of aliphatic hydroxyl groups excluding tert-OH is 4. The second-order valence-corrected chi connectivity index (χ2v) is 9.13. The summed E-state index contributed by atoms with van der Waals surface area (Å²) in [6.07, 6.45) is -6.46. The molecule has 6 rings (SSSR count). The minimum Gasteiger partial charge on any atom is -0.428 e. The smallest absolute Gasteiger partial charge is 0.359 e. The first-order valence-electron chi connectivity index (χ1n) is 11.9. The van der Waals surface area contributed by atoms with Crippen LogP contribution >= 0.6 is 0 Å². The van der Waals surface area contributed by atoms with Gasteiger partial charge in [-0.3, -0.25) is 4.79 Å². The van der Waals surface area contributed by atoms with E-state index in [0.717, 1.165) is 16.4 Å². The molecule has 0 unspecified atom stereocenters. The Morgan fingerprint density at radius 2 is 1.63 bits per heavy atom. The summed E-state index contributed by atoms with van der Waals surface area (Å²) in [5.74, 6) is -1.46. The van der Waals surface area contributed by atoms with E-state index in [1.807, 2.05) is 42.5 Å². The van der Waals surface area contributed by atoms with E-state index in [0.29, 0.717) is 21.9 Å². The van der Waals surface area contributed by atoms with Gasteiger partial charge >= 0.3 is 5.97 Å². The molecule has 1 aliphatic heterocycles. The molecule has 1 fully saturated rings. The monoisotopic (exact) mass is 517 g/mol. The van der Waals surface area contributed by atoms with Crippen LogP contribution < -0.4 is 0 Å². The normalized spacial score (nSPS) is 23.7. The third-order valence-electron chi connectivity index (χ3n) is 6.83. The number of esters is 1. The number of aromatic amines is 2. The zero-order valence-electron chi connectivity index (χ0n) is 19.7. The lowest BCUT2D eigenvalue weighted by Crippen LogP contribution is -2.59. The van der Waals surface area contributed by atoms with Crippen LogP contribution in [0.2, 0.25) is 0 Å². The number of hydrogen-bond acceptors (Lipinski definition) is 9. The van der Waals surface area contributed by atoms with Gasteiger partial charge in [0.25, 0.3) is 0 Å². The van der Waals surface area contributed by atoms with Crippen molar-refractivity contribution in [3.63, 3.8) is 0 Å². The van der Waals surface area contributed by atoms with Crippen molar-refractivity contribution in [2.24, 2.45) is 0 Å². The molecule has 0 amide bonds. The van der Waals surface area contributed by atoms with Gasteiger partial charge < -0.3 is 39.9 Å². The van der Waals surface area contributed by atoms with Crippen molar-refractivity contribution in [3.05, 3.63) is 77.7 Å². The molecule has 1 aliphatic rings. The van der Waals surface area contributed by atoms with Gasteiger partial charge in [0.05, 0.1) is 12.1 Å². The van der Waals surface area contributed by atoms with Crippen molar-refractivity contribution < 1.29 is 39.5 Å². The highest BCUT2D eigenvalue weighted by Crippen LogP contribution is 2.31. The number of carbonyl (C=O) groups is 2. The summed E-state index contributed by atoms with van der Waals surface area (Å²) in [4.78, 5) is 37.6. The maximum Gasteiger partial charge on any atom is 0.359 e. The molecule has 0 aliphatic carbocycles. The van der Waals surface area contributed by atoms with Gasteiger partial charge in [-0.05, 0) is 18.2 Å². The van der Waals surface area contributed by atoms with Crippen LogP contribution in [0.1, 0.15) is 26.5 Å². The zero-order valence-corrected chi connectivity index (χ0v) is 19.7. The van der Waals surface area contributed by atoms with Crippen LogP contribution in [-0.2, 0) is 9.47 Å². The molecule has 2 aromatic carbocycles. The second-order valence-electron chi connectivity index (χ2n) is 9.13. The first kappa shape index (κ1) is 24.2.